The summed E-state index contributed by atoms with van der Waals surface area (Å²) in [7, 11) is 2.01. The zero-order chi connectivity index (χ0) is 18.0. The van der Waals surface area contributed by atoms with Crippen molar-refractivity contribution in [3.8, 4) is 0 Å². The van der Waals surface area contributed by atoms with E-state index in [0.29, 0.717) is 11.8 Å². The summed E-state index contributed by atoms with van der Waals surface area (Å²) in [6.07, 6.45) is 3.43. The number of aryl methyl sites for hydroxylation is 1. The number of rotatable bonds is 7. The molecule has 0 fully saturated rings. The van der Waals surface area contributed by atoms with Gasteiger partial charge in [0.1, 0.15) is 5.76 Å². The maximum absolute atomic E-state index is 5.26. The van der Waals surface area contributed by atoms with E-state index < -0.39 is 0 Å². The minimum Gasteiger partial charge on any atom is -0.361 e. The second-order valence-corrected chi connectivity index (χ2v) is 7.28. The van der Waals surface area contributed by atoms with Crippen molar-refractivity contribution in [3.05, 3.63) is 52.9 Å². The van der Waals surface area contributed by atoms with Crippen LogP contribution in [0.4, 0.5) is 0 Å². The molecule has 134 valence electrons. The average molecular weight is 341 g/mol. The van der Waals surface area contributed by atoms with Gasteiger partial charge in [0, 0.05) is 42.8 Å². The molecule has 1 N–H and O–H groups in total. The highest BCUT2D eigenvalue weighted by Gasteiger charge is 2.18. The summed E-state index contributed by atoms with van der Waals surface area (Å²) in [5.74, 6) is 1.99. The van der Waals surface area contributed by atoms with Crippen LogP contribution in [0.25, 0.3) is 0 Å². The molecule has 2 atom stereocenters. The molecule has 0 saturated carbocycles. The van der Waals surface area contributed by atoms with E-state index in [2.05, 4.69) is 60.3 Å². The molecular weight excluding hydrogens is 314 g/mol. The van der Waals surface area contributed by atoms with Crippen molar-refractivity contribution < 1.29 is 4.52 Å². The second-order valence-electron chi connectivity index (χ2n) is 7.28. The first-order valence-corrected chi connectivity index (χ1v) is 8.91. The minimum absolute atomic E-state index is 0.264. The van der Waals surface area contributed by atoms with Crippen molar-refractivity contribution in [1.29, 1.82) is 0 Å². The molecule has 3 aromatic rings. The number of H-pyrrole nitrogens is 1. The largest absolute Gasteiger partial charge is 0.361 e. The highest BCUT2D eigenvalue weighted by atomic mass is 16.5. The summed E-state index contributed by atoms with van der Waals surface area (Å²) in [6, 6.07) is 6.29. The first-order chi connectivity index (χ1) is 11.9. The fraction of sp³-hybridized carbons (Fsp3) is 0.526. The first kappa shape index (κ1) is 17.5. The van der Waals surface area contributed by atoms with Gasteiger partial charge in [0.05, 0.1) is 17.6 Å². The molecule has 0 aliphatic heterocycles. The van der Waals surface area contributed by atoms with Gasteiger partial charge in [-0.1, -0.05) is 32.9 Å². The van der Waals surface area contributed by atoms with Gasteiger partial charge in [-0.3, -0.25) is 9.78 Å². The molecule has 0 aromatic carbocycles. The summed E-state index contributed by atoms with van der Waals surface area (Å²) < 4.78 is 7.25. The molecule has 0 amide bonds. The Morgan fingerprint density at radius 1 is 1.08 bits per heavy atom. The Morgan fingerprint density at radius 3 is 2.48 bits per heavy atom. The summed E-state index contributed by atoms with van der Waals surface area (Å²) in [4.78, 5) is 0. The van der Waals surface area contributed by atoms with Gasteiger partial charge in [-0.2, -0.15) is 10.2 Å². The fourth-order valence-electron chi connectivity index (χ4n) is 3.20. The number of hydrogen-bond acceptors (Lipinski definition) is 4. The van der Waals surface area contributed by atoms with Crippen LogP contribution < -0.4 is 0 Å². The number of aromatic nitrogens is 5. The molecule has 6 nitrogen and oxygen atoms in total. The number of aromatic amines is 1. The average Bonchev–Trinajstić information content (AvgIpc) is 3.27. The summed E-state index contributed by atoms with van der Waals surface area (Å²) in [5, 5.41) is 16.1. The molecule has 0 radical (unpaired) electrons. The van der Waals surface area contributed by atoms with Gasteiger partial charge in [0.2, 0.25) is 0 Å². The van der Waals surface area contributed by atoms with Crippen molar-refractivity contribution in [2.75, 3.05) is 0 Å². The van der Waals surface area contributed by atoms with Crippen LogP contribution in [0.1, 0.15) is 74.0 Å². The molecule has 6 heteroatoms. The predicted molar refractivity (Wildman–Crippen MR) is 96.6 cm³/mol. The molecule has 25 heavy (non-hydrogen) atoms. The molecule has 0 aliphatic rings. The van der Waals surface area contributed by atoms with Crippen molar-refractivity contribution in [2.45, 2.75) is 58.3 Å². The summed E-state index contributed by atoms with van der Waals surface area (Å²) in [5.41, 5.74) is 4.61. The highest BCUT2D eigenvalue weighted by molar-refractivity contribution is 5.20. The number of hydrogen-bond donors (Lipinski definition) is 1. The molecule has 0 aliphatic carbocycles. The smallest absolute Gasteiger partial charge is 0.139 e. The van der Waals surface area contributed by atoms with Gasteiger partial charge in [-0.25, -0.2) is 0 Å². The van der Waals surface area contributed by atoms with E-state index in [4.69, 9.17) is 4.52 Å². The van der Waals surface area contributed by atoms with Gasteiger partial charge in [0.25, 0.3) is 0 Å². The van der Waals surface area contributed by atoms with Gasteiger partial charge in [-0.05, 0) is 24.5 Å². The Labute approximate surface area is 148 Å². The number of nitrogens with one attached hydrogen (secondary N) is 1. The SMILES string of the molecule is CC(C)c1cc(CC(C)c2cc(CC(C)c3ccno3)nn2C)n[nH]1. The molecule has 3 heterocycles. The minimum atomic E-state index is 0.264. The molecule has 3 aromatic heterocycles. The van der Waals surface area contributed by atoms with Crippen molar-refractivity contribution >= 4 is 0 Å². The monoisotopic (exact) mass is 341 g/mol. The quantitative estimate of drug-likeness (QED) is 0.706. The maximum atomic E-state index is 5.26. The maximum Gasteiger partial charge on any atom is 0.139 e. The van der Waals surface area contributed by atoms with E-state index in [1.165, 1.54) is 11.4 Å². The van der Waals surface area contributed by atoms with E-state index in [1.807, 2.05) is 17.8 Å². The van der Waals surface area contributed by atoms with Crippen molar-refractivity contribution in [2.24, 2.45) is 7.05 Å². The molecule has 2 unspecified atom stereocenters. The second kappa shape index (κ2) is 7.25. The van der Waals surface area contributed by atoms with Crippen LogP contribution in [0, 0.1) is 0 Å². The lowest BCUT2D eigenvalue weighted by atomic mass is 9.98. The fourth-order valence-corrected chi connectivity index (χ4v) is 3.20. The van der Waals surface area contributed by atoms with Crippen LogP contribution in [0.3, 0.4) is 0 Å². The van der Waals surface area contributed by atoms with Gasteiger partial charge in [-0.15, -0.1) is 0 Å². The van der Waals surface area contributed by atoms with Crippen LogP contribution in [0.2, 0.25) is 0 Å². The molecule has 0 bridgehead atoms. The van der Waals surface area contributed by atoms with Crippen LogP contribution in [0.15, 0.2) is 28.9 Å². The van der Waals surface area contributed by atoms with Crippen molar-refractivity contribution in [1.82, 2.24) is 25.1 Å². The third kappa shape index (κ3) is 4.00. The Bertz CT molecular complexity index is 800. The molecule has 0 saturated heterocycles. The van der Waals surface area contributed by atoms with E-state index in [9.17, 15) is 0 Å². The van der Waals surface area contributed by atoms with Crippen LogP contribution in [0.5, 0.6) is 0 Å². The Kier molecular flexibility index (Phi) is 5.06. The van der Waals surface area contributed by atoms with Gasteiger partial charge < -0.3 is 4.52 Å². The van der Waals surface area contributed by atoms with Gasteiger partial charge in [0.15, 0.2) is 0 Å². The zero-order valence-electron chi connectivity index (χ0n) is 15.7. The molecule has 3 rings (SSSR count). The normalized spacial score (nSPS) is 14.2. The van der Waals surface area contributed by atoms with Crippen LogP contribution in [-0.4, -0.2) is 25.1 Å². The van der Waals surface area contributed by atoms with E-state index in [-0.39, 0.29) is 5.92 Å². The van der Waals surface area contributed by atoms with Crippen LogP contribution in [-0.2, 0) is 19.9 Å². The third-order valence-electron chi connectivity index (χ3n) is 4.72. The highest BCUT2D eigenvalue weighted by Crippen LogP contribution is 2.24. The Hall–Kier alpha value is -2.37. The lowest BCUT2D eigenvalue weighted by Crippen LogP contribution is -2.05. The number of nitrogens with zero attached hydrogens (tertiary/aromatic N) is 4. The Morgan fingerprint density at radius 2 is 1.84 bits per heavy atom. The first-order valence-electron chi connectivity index (χ1n) is 8.91. The summed E-state index contributed by atoms with van der Waals surface area (Å²) in [6.45, 7) is 8.70. The molecule has 0 spiro atoms. The zero-order valence-corrected chi connectivity index (χ0v) is 15.7. The van der Waals surface area contributed by atoms with E-state index in [1.54, 1.807) is 6.20 Å². The van der Waals surface area contributed by atoms with Gasteiger partial charge >= 0.3 is 0 Å². The lowest BCUT2D eigenvalue weighted by molar-refractivity contribution is 0.364. The summed E-state index contributed by atoms with van der Waals surface area (Å²) >= 11 is 0. The Balaban J connectivity index is 1.68. The van der Waals surface area contributed by atoms with E-state index >= 15 is 0 Å². The van der Waals surface area contributed by atoms with Crippen LogP contribution >= 0.6 is 0 Å². The topological polar surface area (TPSA) is 72.5 Å². The lowest BCUT2D eigenvalue weighted by Gasteiger charge is -2.09. The van der Waals surface area contributed by atoms with E-state index in [0.717, 1.165) is 30.0 Å². The standard InChI is InChI=1S/C19H27N5O/c1-12(2)17-10-15(21-22-17)8-13(3)18-11-16(23-24(18)5)9-14(4)19-6-7-20-25-19/h6-7,10-14H,8-9H2,1-5H3,(H,21,22). The molecular formula is C19H27N5O. The predicted octanol–water partition coefficient (Wildman–Crippen LogP) is 3.95. The third-order valence-corrected chi connectivity index (χ3v) is 4.72. The van der Waals surface area contributed by atoms with Crippen molar-refractivity contribution in [3.63, 3.8) is 0 Å².